The zero-order valence-corrected chi connectivity index (χ0v) is 30.3. The number of carbonyl (C=O) groups excluding carboxylic acids is 2. The van der Waals surface area contributed by atoms with E-state index in [1.54, 1.807) is 25.5 Å². The molecule has 1 aromatic heterocycles. The van der Waals surface area contributed by atoms with Crippen LogP contribution >= 0.6 is 0 Å². The number of halogens is 1. The number of anilines is 3. The third kappa shape index (κ3) is 12.0. The van der Waals surface area contributed by atoms with Crippen molar-refractivity contribution in [1.29, 1.82) is 0 Å². The van der Waals surface area contributed by atoms with Crippen molar-refractivity contribution < 1.29 is 19.1 Å². The second kappa shape index (κ2) is 20.5. The van der Waals surface area contributed by atoms with Crippen LogP contribution in [0.2, 0.25) is 0 Å². The van der Waals surface area contributed by atoms with Gasteiger partial charge in [-0.25, -0.2) is 14.4 Å². The quantitative estimate of drug-likeness (QED) is 0.132. The number of aliphatic hydroxyl groups is 1. The minimum Gasteiger partial charge on any atom is -0.400 e. The van der Waals surface area contributed by atoms with Crippen molar-refractivity contribution in [2.45, 2.75) is 34.1 Å². The molecular formula is C39H51FN8O3. The average Bonchev–Trinajstić information content (AvgIpc) is 3.55. The van der Waals surface area contributed by atoms with Crippen LogP contribution in [0.15, 0.2) is 103 Å². The van der Waals surface area contributed by atoms with Crippen LogP contribution in [0.4, 0.5) is 21.5 Å². The van der Waals surface area contributed by atoms with E-state index in [1.165, 1.54) is 6.08 Å². The molecular weight excluding hydrogens is 647 g/mol. The number of hydrazone groups is 1. The van der Waals surface area contributed by atoms with Crippen molar-refractivity contribution in [2.24, 2.45) is 10.5 Å². The van der Waals surface area contributed by atoms with Crippen LogP contribution in [0.25, 0.3) is 11.4 Å². The van der Waals surface area contributed by atoms with Gasteiger partial charge in [-0.15, -0.1) is 0 Å². The smallest absolute Gasteiger partial charge is 0.236 e. The Bertz CT molecular complexity index is 1650. The molecule has 1 unspecified atom stereocenters. The van der Waals surface area contributed by atoms with Gasteiger partial charge in [-0.3, -0.25) is 19.9 Å². The maximum atomic E-state index is 13.3. The van der Waals surface area contributed by atoms with E-state index in [0.29, 0.717) is 51.3 Å². The van der Waals surface area contributed by atoms with Gasteiger partial charge in [0.2, 0.25) is 11.8 Å². The van der Waals surface area contributed by atoms with Crippen molar-refractivity contribution in [1.82, 2.24) is 19.8 Å². The fraction of sp³-hybridized carbons (Fsp3) is 0.359. The molecule has 0 radical (unpaired) electrons. The highest BCUT2D eigenvalue weighted by molar-refractivity contribution is 5.96. The molecule has 2 aliphatic heterocycles. The molecule has 0 bridgehead atoms. The first-order valence-corrected chi connectivity index (χ1v) is 17.0. The number of piperazine rings is 1. The SMILES string of the molecule is C/C=C/F.C=C(/C=C\C)/C=N/Nc1ccc(NC(=O)C2(C)CCN(CC(=O)N3CCN(c4ccc(-c5ncccn5)cc4)CC3)C2)cc1C.CO. The maximum Gasteiger partial charge on any atom is 0.236 e. The summed E-state index contributed by atoms with van der Waals surface area (Å²) in [6.45, 7) is 15.9. The minimum atomic E-state index is -0.571. The van der Waals surface area contributed by atoms with E-state index in [2.05, 4.69) is 54.3 Å². The summed E-state index contributed by atoms with van der Waals surface area (Å²) in [5.41, 5.74) is 7.92. The van der Waals surface area contributed by atoms with Crippen LogP contribution in [-0.4, -0.2) is 95.8 Å². The molecule has 12 heteroatoms. The van der Waals surface area contributed by atoms with E-state index in [9.17, 15) is 14.0 Å². The molecule has 0 spiro atoms. The number of nitrogens with zero attached hydrogens (tertiary/aromatic N) is 6. The Balaban J connectivity index is 0.00000109. The van der Waals surface area contributed by atoms with E-state index >= 15 is 0 Å². The number of hydrogen-bond donors (Lipinski definition) is 3. The highest BCUT2D eigenvalue weighted by atomic mass is 19.1. The van der Waals surface area contributed by atoms with Crippen molar-refractivity contribution in [2.75, 3.05) is 68.6 Å². The molecule has 5 rings (SSSR count). The molecule has 1 atom stereocenters. The number of aryl methyl sites for hydroxylation is 1. The Morgan fingerprint density at radius 2 is 1.69 bits per heavy atom. The number of carbonyl (C=O) groups is 2. The van der Waals surface area contributed by atoms with Crippen LogP contribution in [0.5, 0.6) is 0 Å². The molecule has 272 valence electrons. The second-order valence-electron chi connectivity index (χ2n) is 12.4. The van der Waals surface area contributed by atoms with Crippen LogP contribution in [0, 0.1) is 12.3 Å². The number of rotatable bonds is 10. The number of hydrogen-bond acceptors (Lipinski definition) is 9. The van der Waals surface area contributed by atoms with Crippen LogP contribution < -0.4 is 15.6 Å². The molecule has 2 aliphatic rings. The van der Waals surface area contributed by atoms with Crippen molar-refractivity contribution in [3.05, 3.63) is 103 Å². The molecule has 2 saturated heterocycles. The Hall–Kier alpha value is -5.20. The van der Waals surface area contributed by atoms with Gasteiger partial charge in [0.25, 0.3) is 0 Å². The number of allylic oxidation sites excluding steroid dienone is 4. The van der Waals surface area contributed by atoms with Crippen LogP contribution in [0.1, 0.15) is 32.8 Å². The van der Waals surface area contributed by atoms with E-state index in [1.807, 2.05) is 74.2 Å². The molecule has 2 amide bonds. The molecule has 0 saturated carbocycles. The number of aromatic nitrogens is 2. The Kier molecular flexibility index (Phi) is 16.1. The van der Waals surface area contributed by atoms with Crippen LogP contribution in [0.3, 0.4) is 0 Å². The lowest BCUT2D eigenvalue weighted by molar-refractivity contribution is -0.133. The van der Waals surface area contributed by atoms with Gasteiger partial charge in [0.05, 0.1) is 30.2 Å². The minimum absolute atomic E-state index is 0.0308. The Morgan fingerprint density at radius 3 is 2.29 bits per heavy atom. The molecule has 3 aromatic rings. The number of benzene rings is 2. The number of likely N-dealkylation sites (tertiary alicyclic amines) is 1. The summed E-state index contributed by atoms with van der Waals surface area (Å²) in [7, 11) is 1.00. The van der Waals surface area contributed by atoms with Gasteiger partial charge < -0.3 is 20.2 Å². The molecule has 3 N–H and O–H groups in total. The summed E-state index contributed by atoms with van der Waals surface area (Å²) in [4.78, 5) is 41.5. The lowest BCUT2D eigenvalue weighted by Crippen LogP contribution is -2.51. The lowest BCUT2D eigenvalue weighted by Gasteiger charge is -2.37. The van der Waals surface area contributed by atoms with Crippen molar-refractivity contribution in [3.8, 4) is 11.4 Å². The molecule has 2 aromatic carbocycles. The summed E-state index contributed by atoms with van der Waals surface area (Å²) in [5.74, 6) is 0.796. The molecule has 11 nitrogen and oxygen atoms in total. The van der Waals surface area contributed by atoms with Gasteiger partial charge in [0.1, 0.15) is 0 Å². The summed E-state index contributed by atoms with van der Waals surface area (Å²) in [5, 5.41) is 14.3. The average molecular weight is 699 g/mol. The van der Waals surface area contributed by atoms with Crippen molar-refractivity contribution >= 4 is 35.1 Å². The highest BCUT2D eigenvalue weighted by Crippen LogP contribution is 2.32. The number of aliphatic hydroxyl groups excluding tert-OH is 1. The summed E-state index contributed by atoms with van der Waals surface area (Å²) < 4.78 is 10.5. The largest absolute Gasteiger partial charge is 0.400 e. The third-order valence-corrected chi connectivity index (χ3v) is 8.55. The number of nitrogens with one attached hydrogen (secondary N) is 2. The predicted molar refractivity (Wildman–Crippen MR) is 205 cm³/mol. The monoisotopic (exact) mass is 698 g/mol. The molecule has 0 aliphatic carbocycles. The summed E-state index contributed by atoms with van der Waals surface area (Å²) >= 11 is 0. The standard InChI is InChI=1S/C35H42N8O2.C3H5F.CH4O/c1-5-7-26(2)23-38-40-31-13-10-29(22-27(31)3)39-34(45)35(4)14-17-41(25-35)24-32(44)43-20-18-42(19-21-43)30-11-8-28(9-12-30)33-36-15-6-16-37-33;1-2-3-4;1-2/h5-13,15-16,22-23,40H,2,14,17-21,24-25H2,1,3-4H3,(H,39,45);2-3H,1H3;2H,1H3/b7-5-,38-23+;3-2+;. The van der Waals surface area contributed by atoms with Gasteiger partial charge in [0, 0.05) is 69.2 Å². The first-order chi connectivity index (χ1) is 24.6. The second-order valence-corrected chi connectivity index (χ2v) is 12.4. The molecule has 3 heterocycles. The van der Waals surface area contributed by atoms with Gasteiger partial charge >= 0.3 is 0 Å². The maximum absolute atomic E-state index is 13.3. The predicted octanol–water partition coefficient (Wildman–Crippen LogP) is 6.08. The summed E-state index contributed by atoms with van der Waals surface area (Å²) in [6, 6.07) is 15.8. The van der Waals surface area contributed by atoms with Gasteiger partial charge in [-0.05, 0) is 100 Å². The van der Waals surface area contributed by atoms with Gasteiger partial charge in [-0.1, -0.05) is 24.8 Å². The zero-order valence-electron chi connectivity index (χ0n) is 30.3. The van der Waals surface area contributed by atoms with Crippen molar-refractivity contribution in [3.63, 3.8) is 0 Å². The fourth-order valence-electron chi connectivity index (χ4n) is 5.74. The fourth-order valence-corrected chi connectivity index (χ4v) is 5.74. The zero-order chi connectivity index (χ0) is 37.2. The topological polar surface area (TPSA) is 126 Å². The lowest BCUT2D eigenvalue weighted by atomic mass is 9.88. The molecule has 51 heavy (non-hydrogen) atoms. The first kappa shape index (κ1) is 40.2. The third-order valence-electron chi connectivity index (χ3n) is 8.55. The Labute approximate surface area is 301 Å². The van der Waals surface area contributed by atoms with E-state index in [4.69, 9.17) is 5.11 Å². The highest BCUT2D eigenvalue weighted by Gasteiger charge is 2.41. The van der Waals surface area contributed by atoms with Gasteiger partial charge in [-0.2, -0.15) is 5.10 Å². The van der Waals surface area contributed by atoms with Crippen LogP contribution in [-0.2, 0) is 9.59 Å². The number of amides is 2. The summed E-state index contributed by atoms with van der Waals surface area (Å²) in [6.07, 6.45) is 11.5. The van der Waals surface area contributed by atoms with E-state index in [-0.39, 0.29) is 11.8 Å². The normalized spacial score (nSPS) is 17.5. The first-order valence-electron chi connectivity index (χ1n) is 17.0. The van der Waals surface area contributed by atoms with E-state index in [0.717, 1.165) is 54.0 Å². The van der Waals surface area contributed by atoms with E-state index < -0.39 is 5.41 Å². The molecule has 2 fully saturated rings. The Morgan fingerprint density at radius 1 is 1.02 bits per heavy atom. The van der Waals surface area contributed by atoms with Gasteiger partial charge in [0.15, 0.2) is 5.82 Å².